The van der Waals surface area contributed by atoms with Gasteiger partial charge in [-0.3, -0.25) is 5.43 Å². The first kappa shape index (κ1) is 30.4. The van der Waals surface area contributed by atoms with Gasteiger partial charge in [-0.15, -0.1) is 12.4 Å². The summed E-state index contributed by atoms with van der Waals surface area (Å²) in [6, 6.07) is 14.4. The van der Waals surface area contributed by atoms with Crippen molar-refractivity contribution in [3.05, 3.63) is 47.5 Å². The zero-order chi connectivity index (χ0) is 25.1. The molecule has 0 aliphatic rings. The van der Waals surface area contributed by atoms with Crippen LogP contribution in [-0.2, 0) is 11.8 Å². The number of nitrogens with zero attached hydrogens (tertiary/aromatic N) is 2. The average molecular weight is 506 g/mol. The molecule has 7 nitrogen and oxygen atoms in total. The summed E-state index contributed by atoms with van der Waals surface area (Å²) in [4.78, 5) is 0. The number of ether oxygens (including phenoxy) is 4. The standard InChI is InChI=1S/C27H39N3O4.ClH/c1-20(2)27(19-28,22-10-12-24(32-5)26(18-22)34-7)14-8-15-30(29-3)16-13-21-9-11-23(31-4)25(17-21)33-6;/h9-12,17-18,20,29H,8,13-16H2,1-7H3;1H. The minimum absolute atomic E-state index is 0. The predicted molar refractivity (Wildman–Crippen MR) is 142 cm³/mol. The lowest BCUT2D eigenvalue weighted by Gasteiger charge is -2.33. The van der Waals surface area contributed by atoms with Gasteiger partial charge in [0.05, 0.1) is 39.9 Å². The molecule has 0 fully saturated rings. The maximum absolute atomic E-state index is 10.3. The summed E-state index contributed by atoms with van der Waals surface area (Å²) >= 11 is 0. The summed E-state index contributed by atoms with van der Waals surface area (Å²) in [5.74, 6) is 2.92. The maximum Gasteiger partial charge on any atom is 0.161 e. The van der Waals surface area contributed by atoms with E-state index in [1.807, 2.05) is 37.4 Å². The van der Waals surface area contributed by atoms with Crippen LogP contribution in [0.5, 0.6) is 23.0 Å². The molecule has 0 aliphatic heterocycles. The van der Waals surface area contributed by atoms with Gasteiger partial charge in [0.1, 0.15) is 0 Å². The lowest BCUT2D eigenvalue weighted by atomic mass is 9.69. The molecule has 0 aromatic heterocycles. The van der Waals surface area contributed by atoms with Crippen LogP contribution in [0.4, 0.5) is 0 Å². The van der Waals surface area contributed by atoms with Crippen LogP contribution < -0.4 is 24.4 Å². The second-order valence-corrected chi connectivity index (χ2v) is 8.56. The molecule has 0 bridgehead atoms. The Labute approximate surface area is 216 Å². The molecule has 0 radical (unpaired) electrons. The molecular formula is C27H40ClN3O4. The molecule has 0 spiro atoms. The smallest absolute Gasteiger partial charge is 0.161 e. The number of hydrazine groups is 1. The van der Waals surface area contributed by atoms with Crippen molar-refractivity contribution in [3.8, 4) is 29.1 Å². The SMILES string of the molecule is CNN(CCCC(C#N)(c1ccc(OC)c(OC)c1)C(C)C)CCc1ccc(OC)c(OC)c1.Cl. The molecule has 1 N–H and O–H groups in total. The summed E-state index contributed by atoms with van der Waals surface area (Å²) in [6.45, 7) is 5.87. The first-order valence-electron chi connectivity index (χ1n) is 11.7. The Hall–Kier alpha value is -2.66. The van der Waals surface area contributed by atoms with E-state index in [4.69, 9.17) is 18.9 Å². The molecule has 2 aromatic rings. The van der Waals surface area contributed by atoms with Gasteiger partial charge in [-0.25, -0.2) is 5.01 Å². The molecule has 8 heteroatoms. The largest absolute Gasteiger partial charge is 0.493 e. The summed E-state index contributed by atoms with van der Waals surface area (Å²) < 4.78 is 21.6. The average Bonchev–Trinajstić information content (AvgIpc) is 2.87. The summed E-state index contributed by atoms with van der Waals surface area (Å²) in [5, 5.41) is 12.5. The van der Waals surface area contributed by atoms with Crippen molar-refractivity contribution in [2.75, 3.05) is 48.6 Å². The molecule has 2 rings (SSSR count). The van der Waals surface area contributed by atoms with E-state index < -0.39 is 5.41 Å². The molecular weight excluding hydrogens is 466 g/mol. The van der Waals surface area contributed by atoms with E-state index in [0.29, 0.717) is 11.5 Å². The molecule has 2 aromatic carbocycles. The van der Waals surface area contributed by atoms with Crippen molar-refractivity contribution in [3.63, 3.8) is 0 Å². The highest BCUT2D eigenvalue weighted by molar-refractivity contribution is 5.85. The monoisotopic (exact) mass is 505 g/mol. The predicted octanol–water partition coefficient (Wildman–Crippen LogP) is 5.02. The fourth-order valence-electron chi connectivity index (χ4n) is 4.31. The van der Waals surface area contributed by atoms with Gasteiger partial charge in [0, 0.05) is 13.1 Å². The van der Waals surface area contributed by atoms with E-state index >= 15 is 0 Å². The van der Waals surface area contributed by atoms with Crippen LogP contribution in [0.2, 0.25) is 0 Å². The van der Waals surface area contributed by atoms with E-state index in [9.17, 15) is 5.26 Å². The van der Waals surface area contributed by atoms with E-state index in [0.717, 1.165) is 49.4 Å². The lowest BCUT2D eigenvalue weighted by molar-refractivity contribution is 0.197. The Morgan fingerprint density at radius 3 is 1.97 bits per heavy atom. The highest BCUT2D eigenvalue weighted by Gasteiger charge is 2.36. The van der Waals surface area contributed by atoms with Gasteiger partial charge in [-0.1, -0.05) is 26.0 Å². The third kappa shape index (κ3) is 7.41. The van der Waals surface area contributed by atoms with Crippen molar-refractivity contribution < 1.29 is 18.9 Å². The Kier molecular flexibility index (Phi) is 12.7. The number of hydrogen-bond acceptors (Lipinski definition) is 7. The number of rotatable bonds is 14. The molecule has 0 amide bonds. The molecule has 0 heterocycles. The molecule has 194 valence electrons. The number of methoxy groups -OCH3 is 4. The molecule has 35 heavy (non-hydrogen) atoms. The molecule has 0 saturated heterocycles. The van der Waals surface area contributed by atoms with Crippen LogP contribution in [0.1, 0.15) is 37.8 Å². The molecule has 0 aliphatic carbocycles. The molecule has 1 atom stereocenters. The quantitative estimate of drug-likeness (QED) is 0.361. The van der Waals surface area contributed by atoms with E-state index in [1.54, 1.807) is 28.4 Å². The van der Waals surface area contributed by atoms with Gasteiger partial charge in [0.15, 0.2) is 23.0 Å². The van der Waals surface area contributed by atoms with Crippen LogP contribution in [0.3, 0.4) is 0 Å². The second kappa shape index (κ2) is 14.7. The summed E-state index contributed by atoms with van der Waals surface area (Å²) in [7, 11) is 8.46. The van der Waals surface area contributed by atoms with Crippen LogP contribution in [-0.4, -0.2) is 53.6 Å². The highest BCUT2D eigenvalue weighted by atomic mass is 35.5. The second-order valence-electron chi connectivity index (χ2n) is 8.56. The molecule has 1 unspecified atom stereocenters. The summed E-state index contributed by atoms with van der Waals surface area (Å²) in [6.07, 6.45) is 2.47. The minimum atomic E-state index is -0.609. The van der Waals surface area contributed by atoms with Crippen molar-refractivity contribution in [1.82, 2.24) is 10.4 Å². The number of nitriles is 1. The van der Waals surface area contributed by atoms with Crippen LogP contribution in [0.15, 0.2) is 36.4 Å². The van der Waals surface area contributed by atoms with E-state index in [1.165, 1.54) is 5.56 Å². The van der Waals surface area contributed by atoms with Gasteiger partial charge >= 0.3 is 0 Å². The lowest BCUT2D eigenvalue weighted by Crippen LogP contribution is -2.39. The minimum Gasteiger partial charge on any atom is -0.493 e. The zero-order valence-corrected chi connectivity index (χ0v) is 22.8. The summed E-state index contributed by atoms with van der Waals surface area (Å²) in [5.41, 5.74) is 4.82. The maximum atomic E-state index is 10.3. The Morgan fingerprint density at radius 2 is 1.46 bits per heavy atom. The van der Waals surface area contributed by atoms with Crippen molar-refractivity contribution in [2.24, 2.45) is 5.92 Å². The van der Waals surface area contributed by atoms with Gasteiger partial charge < -0.3 is 18.9 Å². The van der Waals surface area contributed by atoms with Gasteiger partial charge in [-0.2, -0.15) is 5.26 Å². The fourth-order valence-corrected chi connectivity index (χ4v) is 4.31. The van der Waals surface area contributed by atoms with Gasteiger partial charge in [-0.05, 0) is 67.6 Å². The number of benzene rings is 2. The van der Waals surface area contributed by atoms with Crippen LogP contribution in [0.25, 0.3) is 0 Å². The topological polar surface area (TPSA) is 76.0 Å². The van der Waals surface area contributed by atoms with Crippen molar-refractivity contribution in [2.45, 2.75) is 38.5 Å². The van der Waals surface area contributed by atoms with Crippen molar-refractivity contribution >= 4 is 12.4 Å². The Morgan fingerprint density at radius 1 is 0.886 bits per heavy atom. The Balaban J connectivity index is 0.00000612. The number of halogens is 1. The third-order valence-corrected chi connectivity index (χ3v) is 6.52. The van der Waals surface area contributed by atoms with Crippen molar-refractivity contribution in [1.29, 1.82) is 5.26 Å². The first-order chi connectivity index (χ1) is 16.4. The normalized spacial score (nSPS) is 12.5. The van der Waals surface area contributed by atoms with E-state index in [2.05, 4.69) is 36.4 Å². The number of nitrogens with one attached hydrogen (secondary N) is 1. The first-order valence-corrected chi connectivity index (χ1v) is 11.7. The molecule has 0 saturated carbocycles. The zero-order valence-electron chi connectivity index (χ0n) is 22.0. The highest BCUT2D eigenvalue weighted by Crippen LogP contribution is 2.40. The van der Waals surface area contributed by atoms with Gasteiger partial charge in [0.2, 0.25) is 0 Å². The Bertz CT molecular complexity index is 964. The van der Waals surface area contributed by atoms with Crippen LogP contribution >= 0.6 is 12.4 Å². The third-order valence-electron chi connectivity index (χ3n) is 6.52. The number of hydrogen-bond donors (Lipinski definition) is 1. The van der Waals surface area contributed by atoms with Gasteiger partial charge in [0.25, 0.3) is 0 Å². The van der Waals surface area contributed by atoms with Crippen LogP contribution in [0, 0.1) is 17.2 Å². The van der Waals surface area contributed by atoms with E-state index in [-0.39, 0.29) is 18.3 Å². The fraction of sp³-hybridized carbons (Fsp3) is 0.519.